The highest BCUT2D eigenvalue weighted by atomic mass is 16.3. The molecular formula is C22H21N3O2. The van der Waals surface area contributed by atoms with Crippen LogP contribution in [0.1, 0.15) is 43.1 Å². The molecular weight excluding hydrogens is 338 g/mol. The van der Waals surface area contributed by atoms with Gasteiger partial charge < -0.3 is 10.1 Å². The highest BCUT2D eigenvalue weighted by molar-refractivity contribution is 5.93. The van der Waals surface area contributed by atoms with Gasteiger partial charge in [-0.05, 0) is 30.5 Å². The van der Waals surface area contributed by atoms with Gasteiger partial charge in [0.25, 0.3) is 5.56 Å². The highest BCUT2D eigenvalue weighted by Gasteiger charge is 2.14. The zero-order chi connectivity index (χ0) is 19.2. The molecule has 0 bridgehead atoms. The van der Waals surface area contributed by atoms with Gasteiger partial charge in [0.05, 0.1) is 10.9 Å². The molecule has 0 aliphatic carbocycles. The second-order valence-corrected chi connectivity index (χ2v) is 6.42. The number of aryl methyl sites for hydroxylation is 1. The Bertz CT molecular complexity index is 1070. The summed E-state index contributed by atoms with van der Waals surface area (Å²) in [5, 5.41) is 20.6. The van der Waals surface area contributed by atoms with E-state index in [1.807, 2.05) is 18.2 Å². The molecule has 0 spiro atoms. The zero-order valence-electron chi connectivity index (χ0n) is 15.2. The summed E-state index contributed by atoms with van der Waals surface area (Å²) in [6.07, 6.45) is 4.48. The van der Waals surface area contributed by atoms with Gasteiger partial charge in [-0.15, -0.1) is 0 Å². The Kier molecular flexibility index (Phi) is 5.68. The molecule has 0 atom stereocenters. The summed E-state index contributed by atoms with van der Waals surface area (Å²) >= 11 is 0. The van der Waals surface area contributed by atoms with Crippen LogP contribution in [0.15, 0.2) is 53.3 Å². The summed E-state index contributed by atoms with van der Waals surface area (Å²) in [6.45, 7) is 2.17. The molecule has 0 fully saturated rings. The molecule has 0 unspecified atom stereocenters. The number of fused-ring (bicyclic) bond motifs is 1. The van der Waals surface area contributed by atoms with Crippen molar-refractivity contribution in [2.45, 2.75) is 32.6 Å². The molecule has 2 N–H and O–H groups in total. The molecule has 0 radical (unpaired) electrons. The number of nitrogens with zero attached hydrogens (tertiary/aromatic N) is 2. The maximum Gasteiger partial charge on any atom is 0.259 e. The Hall–Kier alpha value is -3.39. The van der Waals surface area contributed by atoms with Crippen LogP contribution >= 0.6 is 0 Å². The first kappa shape index (κ1) is 18.4. The van der Waals surface area contributed by atoms with Crippen LogP contribution in [0, 0.1) is 11.3 Å². The largest absolute Gasteiger partial charge is 0.506 e. The first-order valence-corrected chi connectivity index (χ1v) is 9.06. The number of nitriles is 1. The summed E-state index contributed by atoms with van der Waals surface area (Å²) in [7, 11) is 0. The SMILES string of the molecule is CCCCCc1ccc(/C(O)=C(\C#N)c2nc3ccccc3c(=O)[nH]2)cc1. The Morgan fingerprint density at radius 3 is 2.59 bits per heavy atom. The first-order chi connectivity index (χ1) is 13.1. The lowest BCUT2D eigenvalue weighted by atomic mass is 10.0. The molecule has 0 amide bonds. The van der Waals surface area contributed by atoms with Crippen LogP contribution in [0.3, 0.4) is 0 Å². The van der Waals surface area contributed by atoms with Crippen LogP contribution in [-0.4, -0.2) is 15.1 Å². The Balaban J connectivity index is 1.97. The fourth-order valence-electron chi connectivity index (χ4n) is 2.98. The van der Waals surface area contributed by atoms with E-state index < -0.39 is 0 Å². The normalized spacial score (nSPS) is 11.9. The maximum atomic E-state index is 12.2. The van der Waals surface area contributed by atoms with E-state index in [1.54, 1.807) is 36.4 Å². The lowest BCUT2D eigenvalue weighted by Crippen LogP contribution is -2.11. The molecule has 5 nitrogen and oxygen atoms in total. The van der Waals surface area contributed by atoms with Crippen molar-refractivity contribution in [3.63, 3.8) is 0 Å². The summed E-state index contributed by atoms with van der Waals surface area (Å²) in [6, 6.07) is 16.3. The lowest BCUT2D eigenvalue weighted by molar-refractivity contribution is 0.513. The Morgan fingerprint density at radius 2 is 1.89 bits per heavy atom. The Labute approximate surface area is 157 Å². The van der Waals surface area contributed by atoms with Crippen LogP contribution in [0.5, 0.6) is 0 Å². The van der Waals surface area contributed by atoms with Crippen LogP contribution in [0.4, 0.5) is 0 Å². The monoisotopic (exact) mass is 359 g/mol. The molecule has 136 valence electrons. The first-order valence-electron chi connectivity index (χ1n) is 9.06. The van der Waals surface area contributed by atoms with Crippen molar-refractivity contribution in [1.29, 1.82) is 5.26 Å². The average Bonchev–Trinajstić information content (AvgIpc) is 2.69. The van der Waals surface area contributed by atoms with Gasteiger partial charge in [0.2, 0.25) is 0 Å². The van der Waals surface area contributed by atoms with E-state index in [0.717, 1.165) is 12.8 Å². The van der Waals surface area contributed by atoms with E-state index >= 15 is 0 Å². The highest BCUT2D eigenvalue weighted by Crippen LogP contribution is 2.23. The molecule has 5 heteroatoms. The van der Waals surface area contributed by atoms with E-state index in [2.05, 4.69) is 16.9 Å². The number of hydrogen-bond donors (Lipinski definition) is 2. The molecule has 1 heterocycles. The number of rotatable bonds is 6. The predicted octanol–water partition coefficient (Wildman–Crippen LogP) is 4.61. The predicted molar refractivity (Wildman–Crippen MR) is 107 cm³/mol. The minimum atomic E-state index is -0.345. The third-order valence-electron chi connectivity index (χ3n) is 4.49. The van der Waals surface area contributed by atoms with E-state index in [9.17, 15) is 15.2 Å². The van der Waals surface area contributed by atoms with Crippen molar-refractivity contribution in [2.24, 2.45) is 0 Å². The van der Waals surface area contributed by atoms with Gasteiger partial charge in [0.1, 0.15) is 17.4 Å². The van der Waals surface area contributed by atoms with Gasteiger partial charge in [-0.1, -0.05) is 56.2 Å². The number of hydrogen-bond acceptors (Lipinski definition) is 4. The summed E-state index contributed by atoms with van der Waals surface area (Å²) in [5.74, 6) is -0.137. The maximum absolute atomic E-state index is 12.2. The number of nitrogens with one attached hydrogen (secondary N) is 1. The topological polar surface area (TPSA) is 89.8 Å². The van der Waals surface area contributed by atoms with Crippen LogP contribution in [-0.2, 0) is 6.42 Å². The molecule has 0 aliphatic rings. The third-order valence-corrected chi connectivity index (χ3v) is 4.49. The second-order valence-electron chi connectivity index (χ2n) is 6.42. The number of para-hydroxylation sites is 1. The van der Waals surface area contributed by atoms with Crippen LogP contribution in [0.25, 0.3) is 22.2 Å². The number of benzene rings is 2. The third kappa shape index (κ3) is 4.06. The fourth-order valence-corrected chi connectivity index (χ4v) is 2.98. The summed E-state index contributed by atoms with van der Waals surface area (Å²) in [4.78, 5) is 19.2. The van der Waals surface area contributed by atoms with E-state index in [1.165, 1.54) is 18.4 Å². The number of allylic oxidation sites excluding steroid dienone is 1. The van der Waals surface area contributed by atoms with Gasteiger partial charge in [0, 0.05) is 5.56 Å². The second kappa shape index (κ2) is 8.33. The summed E-state index contributed by atoms with van der Waals surface area (Å²) in [5.41, 5.74) is 1.78. The fraction of sp³-hybridized carbons (Fsp3) is 0.227. The summed E-state index contributed by atoms with van der Waals surface area (Å²) < 4.78 is 0. The molecule has 1 aromatic heterocycles. The number of aromatic amines is 1. The van der Waals surface area contributed by atoms with Gasteiger partial charge >= 0.3 is 0 Å². The molecule has 0 aliphatic heterocycles. The van der Waals surface area contributed by atoms with Gasteiger partial charge in [-0.2, -0.15) is 5.26 Å². The van der Waals surface area contributed by atoms with Gasteiger partial charge in [0.15, 0.2) is 5.82 Å². The van der Waals surface area contributed by atoms with Crippen molar-refractivity contribution in [2.75, 3.05) is 0 Å². The van der Waals surface area contributed by atoms with Crippen LogP contribution < -0.4 is 5.56 Å². The standard InChI is InChI=1S/C22H21N3O2/c1-2-3-4-7-15-10-12-16(13-11-15)20(26)18(14-23)21-24-19-9-6-5-8-17(19)22(27)25-21/h5-6,8-13,26H,2-4,7H2,1H3,(H,24,25,27)/b20-18-. The molecule has 2 aromatic carbocycles. The average molecular weight is 359 g/mol. The van der Waals surface area contributed by atoms with Crippen molar-refractivity contribution < 1.29 is 5.11 Å². The number of aliphatic hydroxyl groups is 1. The van der Waals surface area contributed by atoms with Crippen molar-refractivity contribution >= 4 is 22.2 Å². The van der Waals surface area contributed by atoms with E-state index in [-0.39, 0.29) is 22.7 Å². The van der Waals surface area contributed by atoms with E-state index in [4.69, 9.17) is 0 Å². The van der Waals surface area contributed by atoms with Gasteiger partial charge in [-0.3, -0.25) is 4.79 Å². The smallest absolute Gasteiger partial charge is 0.259 e. The zero-order valence-corrected chi connectivity index (χ0v) is 15.2. The van der Waals surface area contributed by atoms with Crippen molar-refractivity contribution in [3.8, 4) is 6.07 Å². The van der Waals surface area contributed by atoms with E-state index in [0.29, 0.717) is 16.5 Å². The quantitative estimate of drug-likeness (QED) is 0.382. The van der Waals surface area contributed by atoms with Crippen molar-refractivity contribution in [1.82, 2.24) is 9.97 Å². The lowest BCUT2D eigenvalue weighted by Gasteiger charge is -2.07. The molecule has 0 saturated carbocycles. The Morgan fingerprint density at radius 1 is 1.15 bits per heavy atom. The minimum absolute atomic E-state index is 0.0587. The molecule has 3 rings (SSSR count). The molecule has 27 heavy (non-hydrogen) atoms. The number of H-pyrrole nitrogens is 1. The van der Waals surface area contributed by atoms with Crippen molar-refractivity contribution in [3.05, 3.63) is 75.8 Å². The molecule has 3 aromatic rings. The minimum Gasteiger partial charge on any atom is -0.506 e. The van der Waals surface area contributed by atoms with Gasteiger partial charge in [-0.25, -0.2) is 4.98 Å². The number of unbranched alkanes of at least 4 members (excludes halogenated alkanes) is 2. The molecule has 0 saturated heterocycles. The number of aliphatic hydroxyl groups excluding tert-OH is 1. The number of aromatic nitrogens is 2. The van der Waals surface area contributed by atoms with Crippen LogP contribution in [0.2, 0.25) is 0 Å².